The van der Waals surface area contributed by atoms with E-state index in [0.29, 0.717) is 5.52 Å². The van der Waals surface area contributed by atoms with Crippen LogP contribution in [0.1, 0.15) is 32.1 Å². The first-order valence-corrected chi connectivity index (χ1v) is 9.26. The molecular weight excluding hydrogens is 316 g/mol. The van der Waals surface area contributed by atoms with Gasteiger partial charge in [0.1, 0.15) is 4.90 Å². The molecule has 0 saturated heterocycles. The van der Waals surface area contributed by atoms with Crippen molar-refractivity contribution in [3.8, 4) is 0 Å². The number of fused-ring (bicyclic) bond motifs is 1. The zero-order chi connectivity index (χ0) is 16.3. The lowest BCUT2D eigenvalue weighted by Crippen LogP contribution is -2.42. The van der Waals surface area contributed by atoms with Gasteiger partial charge in [-0.3, -0.25) is 4.79 Å². The monoisotopic (exact) mass is 336 g/mol. The second kappa shape index (κ2) is 6.67. The standard InChI is InChI=1S/C15H20N4O3S/c20-15(18-12-6-2-1-3-7-12)11-17-23(21,22)14-10-16-19-9-5-4-8-13(14)19/h4-5,8-10,12,17H,1-3,6-7,11H2,(H,18,20). The molecule has 2 heterocycles. The second-order valence-electron chi connectivity index (χ2n) is 5.77. The van der Waals surface area contributed by atoms with E-state index in [2.05, 4.69) is 15.1 Å². The van der Waals surface area contributed by atoms with Gasteiger partial charge in [-0.05, 0) is 25.0 Å². The number of hydrogen-bond donors (Lipinski definition) is 2. The Labute approximate surface area is 135 Å². The van der Waals surface area contributed by atoms with Crippen LogP contribution in [0.3, 0.4) is 0 Å². The van der Waals surface area contributed by atoms with Gasteiger partial charge in [-0.15, -0.1) is 0 Å². The highest BCUT2D eigenvalue weighted by Crippen LogP contribution is 2.17. The van der Waals surface area contributed by atoms with E-state index >= 15 is 0 Å². The van der Waals surface area contributed by atoms with E-state index in [0.717, 1.165) is 25.7 Å². The molecule has 2 aromatic heterocycles. The van der Waals surface area contributed by atoms with Crippen LogP contribution in [0.4, 0.5) is 0 Å². The summed E-state index contributed by atoms with van der Waals surface area (Å²) in [4.78, 5) is 12.0. The molecule has 0 radical (unpaired) electrons. The summed E-state index contributed by atoms with van der Waals surface area (Å²) in [5.74, 6) is -0.294. The first-order valence-electron chi connectivity index (χ1n) is 7.78. The maximum atomic E-state index is 12.4. The minimum absolute atomic E-state index is 0.0727. The Hall–Kier alpha value is -1.93. The van der Waals surface area contributed by atoms with Gasteiger partial charge in [0.05, 0.1) is 18.3 Å². The molecular formula is C15H20N4O3S. The number of pyridine rings is 1. The average Bonchev–Trinajstić information content (AvgIpc) is 2.99. The number of carbonyl (C=O) groups excluding carboxylic acids is 1. The molecule has 8 heteroatoms. The van der Waals surface area contributed by atoms with Crippen LogP contribution >= 0.6 is 0 Å². The van der Waals surface area contributed by atoms with E-state index < -0.39 is 10.0 Å². The van der Waals surface area contributed by atoms with Gasteiger partial charge >= 0.3 is 0 Å². The second-order valence-corrected chi connectivity index (χ2v) is 7.50. The van der Waals surface area contributed by atoms with Crippen molar-refractivity contribution in [3.63, 3.8) is 0 Å². The van der Waals surface area contributed by atoms with E-state index in [1.54, 1.807) is 24.4 Å². The minimum Gasteiger partial charge on any atom is -0.352 e. The van der Waals surface area contributed by atoms with Crippen molar-refractivity contribution in [2.75, 3.05) is 6.54 Å². The van der Waals surface area contributed by atoms with Gasteiger partial charge in [-0.2, -0.15) is 5.10 Å². The number of hydrogen-bond acceptors (Lipinski definition) is 4. The molecule has 124 valence electrons. The van der Waals surface area contributed by atoms with Gasteiger partial charge < -0.3 is 5.32 Å². The van der Waals surface area contributed by atoms with Gasteiger partial charge in [-0.25, -0.2) is 17.7 Å². The predicted molar refractivity (Wildman–Crippen MR) is 85.4 cm³/mol. The van der Waals surface area contributed by atoms with Crippen LogP contribution in [0, 0.1) is 0 Å². The van der Waals surface area contributed by atoms with Gasteiger partial charge in [0.15, 0.2) is 0 Å². The Morgan fingerprint density at radius 2 is 2.04 bits per heavy atom. The van der Waals surface area contributed by atoms with Crippen molar-refractivity contribution >= 4 is 21.4 Å². The fourth-order valence-corrected chi connectivity index (χ4v) is 3.98. The lowest BCUT2D eigenvalue weighted by Gasteiger charge is -2.22. The summed E-state index contributed by atoms with van der Waals surface area (Å²) >= 11 is 0. The fraction of sp³-hybridized carbons (Fsp3) is 0.467. The molecule has 1 aliphatic rings. The molecule has 1 aliphatic carbocycles. The normalized spacial score (nSPS) is 16.5. The third kappa shape index (κ3) is 3.70. The fourth-order valence-electron chi connectivity index (χ4n) is 2.88. The molecule has 1 saturated carbocycles. The van der Waals surface area contributed by atoms with Crippen LogP contribution in [0.25, 0.3) is 5.52 Å². The Kier molecular flexibility index (Phi) is 4.63. The van der Waals surface area contributed by atoms with E-state index in [9.17, 15) is 13.2 Å². The summed E-state index contributed by atoms with van der Waals surface area (Å²) < 4.78 is 28.6. The number of rotatable bonds is 5. The van der Waals surface area contributed by atoms with E-state index in [-0.39, 0.29) is 23.4 Å². The van der Waals surface area contributed by atoms with Gasteiger partial charge in [0.25, 0.3) is 0 Å². The highest BCUT2D eigenvalue weighted by Gasteiger charge is 2.21. The van der Waals surface area contributed by atoms with Crippen LogP contribution in [0.2, 0.25) is 0 Å². The topological polar surface area (TPSA) is 92.6 Å². The number of carbonyl (C=O) groups is 1. The van der Waals surface area contributed by atoms with Crippen molar-refractivity contribution in [2.45, 2.75) is 43.0 Å². The van der Waals surface area contributed by atoms with Gasteiger partial charge in [0, 0.05) is 12.2 Å². The SMILES string of the molecule is O=C(CNS(=O)(=O)c1cnn2ccccc12)NC1CCCCC1. The van der Waals surface area contributed by atoms with Crippen LogP contribution in [-0.4, -0.2) is 36.5 Å². The summed E-state index contributed by atoms with van der Waals surface area (Å²) in [5.41, 5.74) is 0.479. The van der Waals surface area contributed by atoms with Crippen LogP contribution < -0.4 is 10.0 Å². The number of nitrogens with zero attached hydrogens (tertiary/aromatic N) is 2. The molecule has 2 N–H and O–H groups in total. The van der Waals surface area contributed by atoms with Crippen molar-refractivity contribution in [1.29, 1.82) is 0 Å². The Balaban J connectivity index is 1.63. The van der Waals surface area contributed by atoms with E-state index in [4.69, 9.17) is 0 Å². The van der Waals surface area contributed by atoms with Gasteiger partial charge in [-0.1, -0.05) is 25.3 Å². The zero-order valence-corrected chi connectivity index (χ0v) is 13.6. The van der Waals surface area contributed by atoms with E-state index in [1.165, 1.54) is 17.1 Å². The van der Waals surface area contributed by atoms with Crippen molar-refractivity contribution in [2.24, 2.45) is 0 Å². The van der Waals surface area contributed by atoms with Crippen molar-refractivity contribution in [1.82, 2.24) is 19.7 Å². The maximum Gasteiger partial charge on any atom is 0.244 e. The molecule has 0 aliphatic heterocycles. The third-order valence-electron chi connectivity index (χ3n) is 4.07. The summed E-state index contributed by atoms with van der Waals surface area (Å²) in [6, 6.07) is 5.34. The lowest BCUT2D eigenvalue weighted by atomic mass is 9.95. The molecule has 0 atom stereocenters. The smallest absolute Gasteiger partial charge is 0.244 e. The first-order chi connectivity index (χ1) is 11.1. The third-order valence-corrected chi connectivity index (χ3v) is 5.49. The highest BCUT2D eigenvalue weighted by atomic mass is 32.2. The minimum atomic E-state index is -3.77. The number of amides is 1. The Morgan fingerprint density at radius 3 is 2.83 bits per heavy atom. The summed E-state index contributed by atoms with van der Waals surface area (Å²) in [6.07, 6.45) is 8.31. The van der Waals surface area contributed by atoms with Crippen molar-refractivity contribution in [3.05, 3.63) is 30.6 Å². The molecule has 7 nitrogen and oxygen atoms in total. The molecule has 1 amide bonds. The van der Waals surface area contributed by atoms with E-state index in [1.807, 2.05) is 0 Å². The quantitative estimate of drug-likeness (QED) is 0.854. The maximum absolute atomic E-state index is 12.4. The van der Waals surface area contributed by atoms with Gasteiger partial charge in [0.2, 0.25) is 15.9 Å². The average molecular weight is 336 g/mol. The zero-order valence-electron chi connectivity index (χ0n) is 12.7. The molecule has 0 unspecified atom stereocenters. The molecule has 0 aromatic carbocycles. The molecule has 2 aromatic rings. The molecule has 0 spiro atoms. The summed E-state index contributed by atoms with van der Waals surface area (Å²) in [5, 5.41) is 6.89. The lowest BCUT2D eigenvalue weighted by molar-refractivity contribution is -0.120. The highest BCUT2D eigenvalue weighted by molar-refractivity contribution is 7.89. The summed E-state index contributed by atoms with van der Waals surface area (Å²) in [6.45, 7) is -0.261. The molecule has 3 rings (SSSR count). The predicted octanol–water partition coefficient (Wildman–Crippen LogP) is 1.06. The molecule has 0 bridgehead atoms. The van der Waals surface area contributed by atoms with Crippen molar-refractivity contribution < 1.29 is 13.2 Å². The van der Waals surface area contributed by atoms with Crippen LogP contribution in [0.15, 0.2) is 35.5 Å². The Morgan fingerprint density at radius 1 is 1.26 bits per heavy atom. The number of sulfonamides is 1. The van der Waals surface area contributed by atoms with Crippen LogP contribution in [-0.2, 0) is 14.8 Å². The largest absolute Gasteiger partial charge is 0.352 e. The number of aromatic nitrogens is 2. The summed E-state index contributed by atoms with van der Waals surface area (Å²) in [7, 11) is -3.77. The first kappa shape index (κ1) is 15.9. The van der Waals surface area contributed by atoms with Crippen LogP contribution in [0.5, 0.6) is 0 Å². The number of nitrogens with one attached hydrogen (secondary N) is 2. The molecule has 1 fully saturated rings. The Bertz CT molecular complexity index is 794. The molecule has 23 heavy (non-hydrogen) atoms.